The van der Waals surface area contributed by atoms with Crippen molar-refractivity contribution in [2.75, 3.05) is 18.0 Å². The zero-order valence-corrected chi connectivity index (χ0v) is 31.5. The molecule has 3 heterocycles. The SMILES string of the molecule is CCCCC(CC)CN(CC(CC)CCCC)c1nc(-c2ccc(Cl)cc2)c(N=C2C(C)=C(C#N)C(=O)n3nc(Cc4ccccc4)nc32)s1. The topological polar surface area (TPSA) is 100 Å². The number of nitriles is 1. The molecule has 0 saturated heterocycles. The largest absolute Gasteiger partial charge is 0.347 e. The van der Waals surface area contributed by atoms with E-state index in [1.54, 1.807) is 18.3 Å². The number of fused-ring (bicyclic) bond motifs is 1. The number of hydrogen-bond acceptors (Lipinski definition) is 8. The fraction of sp³-hybridized carbons (Fsp3) is 0.450. The Morgan fingerprint density at radius 3 is 2.16 bits per heavy atom. The van der Waals surface area contributed by atoms with Gasteiger partial charge in [-0.25, -0.2) is 15.0 Å². The molecule has 2 aromatic carbocycles. The number of rotatable bonds is 17. The average molecular weight is 710 g/mol. The first kappa shape index (κ1) is 37.1. The number of allylic oxidation sites excluding steroid dienone is 2. The molecule has 1 aliphatic rings. The maximum atomic E-state index is 13.4. The lowest BCUT2D eigenvalue weighted by Crippen LogP contribution is -2.34. The van der Waals surface area contributed by atoms with E-state index in [2.05, 4.69) is 43.8 Å². The summed E-state index contributed by atoms with van der Waals surface area (Å²) in [6, 6.07) is 19.7. The van der Waals surface area contributed by atoms with Crippen molar-refractivity contribution >= 4 is 44.7 Å². The van der Waals surface area contributed by atoms with E-state index >= 15 is 0 Å². The Balaban J connectivity index is 1.64. The summed E-state index contributed by atoms with van der Waals surface area (Å²) in [7, 11) is 0. The van der Waals surface area contributed by atoms with Gasteiger partial charge >= 0.3 is 0 Å². The summed E-state index contributed by atoms with van der Waals surface area (Å²) in [5, 5.41) is 16.9. The fourth-order valence-corrected chi connectivity index (χ4v) is 7.53. The first-order chi connectivity index (χ1) is 24.3. The smallest absolute Gasteiger partial charge is 0.291 e. The second-order valence-electron chi connectivity index (χ2n) is 13.2. The van der Waals surface area contributed by atoms with Crippen LogP contribution in [0.1, 0.15) is 108 Å². The third-order valence-electron chi connectivity index (χ3n) is 9.56. The van der Waals surface area contributed by atoms with E-state index in [-0.39, 0.29) is 5.57 Å². The maximum Gasteiger partial charge on any atom is 0.291 e. The molecule has 0 aliphatic carbocycles. The molecule has 0 saturated carbocycles. The number of benzene rings is 2. The fourth-order valence-electron chi connectivity index (χ4n) is 6.42. The van der Waals surface area contributed by atoms with Crippen molar-refractivity contribution in [2.24, 2.45) is 16.8 Å². The minimum absolute atomic E-state index is 0.00948. The Hall–Kier alpha value is -4.13. The lowest BCUT2D eigenvalue weighted by atomic mass is 9.96. The van der Waals surface area contributed by atoms with Gasteiger partial charge in [0.15, 0.2) is 16.8 Å². The second kappa shape index (κ2) is 17.7. The van der Waals surface area contributed by atoms with E-state index in [9.17, 15) is 10.1 Å². The lowest BCUT2D eigenvalue weighted by Gasteiger charge is -2.30. The third kappa shape index (κ3) is 8.77. The van der Waals surface area contributed by atoms with Gasteiger partial charge in [0, 0.05) is 35.7 Å². The highest BCUT2D eigenvalue weighted by Crippen LogP contribution is 2.42. The normalized spacial score (nSPS) is 14.9. The summed E-state index contributed by atoms with van der Waals surface area (Å²) >= 11 is 7.88. The van der Waals surface area contributed by atoms with Gasteiger partial charge in [-0.2, -0.15) is 9.94 Å². The van der Waals surface area contributed by atoms with Gasteiger partial charge in [-0.05, 0) is 49.3 Å². The standard InChI is InChI=1S/C40H48ClN7OS/c1-6-10-15-28(8-3)25-47(26-29(9-4)16-11-7-2)40-45-36(31-19-21-32(41)22-20-31)38(50-40)44-35-27(5)33(24-42)39(49)48-37(35)43-34(46-48)23-30-17-13-12-14-18-30/h12-14,17-22,28-29H,6-11,15-16,23,25-26H2,1-5H3. The Bertz CT molecular complexity index is 1830. The predicted octanol–water partition coefficient (Wildman–Crippen LogP) is 10.5. The number of halogens is 1. The monoisotopic (exact) mass is 709 g/mol. The van der Waals surface area contributed by atoms with Crippen LogP contribution in [0.5, 0.6) is 0 Å². The molecule has 8 nitrogen and oxygen atoms in total. The highest BCUT2D eigenvalue weighted by molar-refractivity contribution is 7.19. The summed E-state index contributed by atoms with van der Waals surface area (Å²) in [5.74, 6) is 1.46. The summed E-state index contributed by atoms with van der Waals surface area (Å²) in [4.78, 5) is 31.3. The number of anilines is 1. The van der Waals surface area contributed by atoms with Crippen LogP contribution in [0.3, 0.4) is 0 Å². The zero-order chi connectivity index (χ0) is 35.6. The van der Waals surface area contributed by atoms with Crippen LogP contribution in [0.25, 0.3) is 11.3 Å². The van der Waals surface area contributed by atoms with Crippen LogP contribution in [-0.4, -0.2) is 44.5 Å². The summed E-state index contributed by atoms with van der Waals surface area (Å²) in [6.45, 7) is 12.7. The van der Waals surface area contributed by atoms with Crippen molar-refractivity contribution in [2.45, 2.75) is 92.4 Å². The molecule has 2 aromatic heterocycles. The van der Waals surface area contributed by atoms with Gasteiger partial charge in [-0.15, -0.1) is 5.10 Å². The molecule has 4 aromatic rings. The van der Waals surface area contributed by atoms with E-state index in [4.69, 9.17) is 26.6 Å². The number of thiazole rings is 1. The summed E-state index contributed by atoms with van der Waals surface area (Å²) < 4.78 is 1.23. The number of unbranched alkanes of at least 4 members (excludes halogenated alkanes) is 2. The van der Waals surface area contributed by atoms with Crippen molar-refractivity contribution in [3.05, 3.63) is 88.0 Å². The molecule has 0 spiro atoms. The molecular weight excluding hydrogens is 662 g/mol. The molecule has 262 valence electrons. The van der Waals surface area contributed by atoms with E-state index in [0.29, 0.717) is 51.2 Å². The lowest BCUT2D eigenvalue weighted by molar-refractivity contribution is 0.0941. The molecule has 0 amide bonds. The van der Waals surface area contributed by atoms with E-state index in [1.165, 1.54) is 43.2 Å². The number of nitrogens with zero attached hydrogens (tertiary/aromatic N) is 7. The van der Waals surface area contributed by atoms with Gasteiger partial charge in [0.1, 0.15) is 28.0 Å². The quantitative estimate of drug-likeness (QED) is 0.108. The van der Waals surface area contributed by atoms with Crippen molar-refractivity contribution in [1.82, 2.24) is 19.7 Å². The molecule has 0 bridgehead atoms. The van der Waals surface area contributed by atoms with Crippen LogP contribution < -0.4 is 4.90 Å². The molecule has 2 atom stereocenters. The second-order valence-corrected chi connectivity index (χ2v) is 14.6. The van der Waals surface area contributed by atoms with E-state index < -0.39 is 5.91 Å². The first-order valence-corrected chi connectivity index (χ1v) is 19.3. The van der Waals surface area contributed by atoms with Gasteiger partial charge in [-0.1, -0.05) is 132 Å². The first-order valence-electron chi connectivity index (χ1n) is 18.1. The van der Waals surface area contributed by atoms with Crippen molar-refractivity contribution in [3.63, 3.8) is 0 Å². The number of aromatic nitrogens is 4. The zero-order valence-electron chi connectivity index (χ0n) is 30.0. The van der Waals surface area contributed by atoms with Gasteiger partial charge < -0.3 is 4.90 Å². The van der Waals surface area contributed by atoms with Gasteiger partial charge in [0.05, 0.1) is 0 Å². The Morgan fingerprint density at radius 2 is 1.58 bits per heavy atom. The van der Waals surface area contributed by atoms with E-state index in [1.807, 2.05) is 54.6 Å². The number of carbonyl (C=O) groups excluding carboxylic acids is 1. The highest BCUT2D eigenvalue weighted by atomic mass is 35.5. The Kier molecular flexibility index (Phi) is 13.1. The Labute approximate surface area is 306 Å². The van der Waals surface area contributed by atoms with Crippen LogP contribution in [0, 0.1) is 23.2 Å². The molecule has 1 aliphatic heterocycles. The van der Waals surface area contributed by atoms with Gasteiger partial charge in [-0.3, -0.25) is 4.79 Å². The van der Waals surface area contributed by atoms with Gasteiger partial charge in [0.2, 0.25) is 0 Å². The highest BCUT2D eigenvalue weighted by Gasteiger charge is 2.33. The molecule has 0 radical (unpaired) electrons. The minimum Gasteiger partial charge on any atom is -0.347 e. The summed E-state index contributed by atoms with van der Waals surface area (Å²) in [5.41, 5.74) is 3.60. The van der Waals surface area contributed by atoms with Crippen LogP contribution in [0.4, 0.5) is 10.1 Å². The number of aliphatic imine (C=N–C) groups is 1. The predicted molar refractivity (Wildman–Crippen MR) is 206 cm³/mol. The van der Waals surface area contributed by atoms with E-state index in [0.717, 1.165) is 47.9 Å². The molecule has 2 unspecified atom stereocenters. The number of hydrogen-bond donors (Lipinski definition) is 0. The minimum atomic E-state index is -0.491. The van der Waals surface area contributed by atoms with Crippen molar-refractivity contribution in [3.8, 4) is 17.3 Å². The number of carbonyl (C=O) groups is 1. The van der Waals surface area contributed by atoms with Crippen LogP contribution in [-0.2, 0) is 6.42 Å². The van der Waals surface area contributed by atoms with Crippen LogP contribution in [0.15, 0.2) is 70.7 Å². The molecular formula is C40H48ClN7OS. The van der Waals surface area contributed by atoms with Gasteiger partial charge in [0.25, 0.3) is 5.91 Å². The molecule has 5 rings (SSSR count). The molecule has 0 N–H and O–H groups in total. The Morgan fingerprint density at radius 1 is 0.940 bits per heavy atom. The third-order valence-corrected chi connectivity index (χ3v) is 10.8. The summed E-state index contributed by atoms with van der Waals surface area (Å²) in [6.07, 6.45) is 9.85. The average Bonchev–Trinajstić information content (AvgIpc) is 3.75. The maximum absolute atomic E-state index is 13.4. The van der Waals surface area contributed by atoms with Crippen molar-refractivity contribution < 1.29 is 4.79 Å². The molecule has 50 heavy (non-hydrogen) atoms. The molecule has 0 fully saturated rings. The molecule has 10 heteroatoms. The van der Waals surface area contributed by atoms with Crippen molar-refractivity contribution in [1.29, 1.82) is 5.26 Å². The van der Waals surface area contributed by atoms with Crippen LogP contribution >= 0.6 is 22.9 Å². The van der Waals surface area contributed by atoms with Crippen LogP contribution in [0.2, 0.25) is 5.02 Å².